The molecule has 1 spiro atoms. The fraction of sp³-hybridized carbons (Fsp3) is 0.929. The number of rotatable bonds is 5. The summed E-state index contributed by atoms with van der Waals surface area (Å²) < 4.78 is 10.3. The number of methoxy groups -OCH3 is 2. The van der Waals surface area contributed by atoms with E-state index in [1.807, 2.05) is 4.90 Å². The Morgan fingerprint density at radius 1 is 1.32 bits per heavy atom. The Morgan fingerprint density at radius 3 is 2.68 bits per heavy atom. The largest absolute Gasteiger partial charge is 0.384 e. The molecule has 5 nitrogen and oxygen atoms in total. The van der Waals surface area contributed by atoms with Gasteiger partial charge in [-0.3, -0.25) is 9.69 Å². The van der Waals surface area contributed by atoms with E-state index in [1.54, 1.807) is 14.2 Å². The topological polar surface area (TPSA) is 42.0 Å². The molecule has 1 unspecified atom stereocenters. The van der Waals surface area contributed by atoms with E-state index >= 15 is 0 Å². The van der Waals surface area contributed by atoms with Crippen LogP contribution in [0.15, 0.2) is 0 Å². The average Bonchev–Trinajstić information content (AvgIpc) is 2.36. The highest BCUT2D eigenvalue weighted by Crippen LogP contribution is 2.38. The van der Waals surface area contributed by atoms with Crippen LogP contribution in [0.4, 0.5) is 0 Å². The van der Waals surface area contributed by atoms with Gasteiger partial charge in [-0.1, -0.05) is 0 Å². The summed E-state index contributed by atoms with van der Waals surface area (Å²) in [5, 5.41) is 0. The fourth-order valence-electron chi connectivity index (χ4n) is 3.35. The lowest BCUT2D eigenvalue weighted by Crippen LogP contribution is -2.72. The minimum absolute atomic E-state index is 0.199. The third kappa shape index (κ3) is 3.09. The highest BCUT2D eigenvalue weighted by Gasteiger charge is 2.50. The van der Waals surface area contributed by atoms with E-state index in [9.17, 15) is 4.79 Å². The van der Waals surface area contributed by atoms with Gasteiger partial charge in [0.15, 0.2) is 0 Å². The number of hydrogen-bond acceptors (Lipinski definition) is 4. The van der Waals surface area contributed by atoms with Crippen molar-refractivity contribution >= 4 is 5.91 Å². The monoisotopic (exact) mass is 270 g/mol. The molecule has 0 saturated carbocycles. The van der Waals surface area contributed by atoms with Crippen LogP contribution in [-0.4, -0.2) is 75.4 Å². The van der Waals surface area contributed by atoms with Gasteiger partial charge in [-0.25, -0.2) is 0 Å². The molecule has 0 aliphatic carbocycles. The van der Waals surface area contributed by atoms with E-state index in [0.717, 1.165) is 32.7 Å². The number of carbonyl (C=O) groups is 1. The van der Waals surface area contributed by atoms with Crippen molar-refractivity contribution in [3.8, 4) is 0 Å². The van der Waals surface area contributed by atoms with Crippen LogP contribution >= 0.6 is 0 Å². The highest BCUT2D eigenvalue weighted by atomic mass is 16.5. The van der Waals surface area contributed by atoms with Crippen LogP contribution in [0.5, 0.6) is 0 Å². The molecule has 110 valence electrons. The minimum atomic E-state index is 0.199. The Hall–Kier alpha value is -0.650. The van der Waals surface area contributed by atoms with Gasteiger partial charge in [0.2, 0.25) is 5.91 Å². The third-order valence-corrected chi connectivity index (χ3v) is 4.60. The molecule has 2 rings (SSSR count). The normalized spacial score (nSPS) is 26.5. The first-order valence-corrected chi connectivity index (χ1v) is 7.08. The zero-order chi connectivity index (χ0) is 13.9. The summed E-state index contributed by atoms with van der Waals surface area (Å²) in [5.41, 5.74) is 0.199. The first-order valence-electron chi connectivity index (χ1n) is 7.08. The van der Waals surface area contributed by atoms with Gasteiger partial charge < -0.3 is 14.4 Å². The van der Waals surface area contributed by atoms with Crippen LogP contribution in [-0.2, 0) is 14.3 Å². The van der Waals surface area contributed by atoms with E-state index in [4.69, 9.17) is 9.47 Å². The van der Waals surface area contributed by atoms with Crippen LogP contribution < -0.4 is 0 Å². The first-order chi connectivity index (χ1) is 9.11. The maximum absolute atomic E-state index is 11.9. The SMILES string of the molecule is COCCC(=O)N1CC2(CC(COC)CCN2C)C1. The predicted molar refractivity (Wildman–Crippen MR) is 73.0 cm³/mol. The summed E-state index contributed by atoms with van der Waals surface area (Å²) in [5.74, 6) is 0.854. The zero-order valence-corrected chi connectivity index (χ0v) is 12.4. The molecule has 0 radical (unpaired) electrons. The number of likely N-dealkylation sites (tertiary alicyclic amines) is 2. The van der Waals surface area contributed by atoms with Gasteiger partial charge in [0, 0.05) is 33.9 Å². The second-order valence-corrected chi connectivity index (χ2v) is 5.95. The number of ether oxygens (including phenoxy) is 2. The van der Waals surface area contributed by atoms with Crippen LogP contribution in [0, 0.1) is 5.92 Å². The molecule has 0 N–H and O–H groups in total. The van der Waals surface area contributed by atoms with E-state index < -0.39 is 0 Å². The Morgan fingerprint density at radius 2 is 2.05 bits per heavy atom. The van der Waals surface area contributed by atoms with Gasteiger partial charge in [0.05, 0.1) is 18.6 Å². The minimum Gasteiger partial charge on any atom is -0.384 e. The summed E-state index contributed by atoms with van der Waals surface area (Å²) in [6.45, 7) is 4.20. The van der Waals surface area contributed by atoms with E-state index in [0.29, 0.717) is 18.9 Å². The smallest absolute Gasteiger partial charge is 0.225 e. The molecule has 2 aliphatic heterocycles. The number of likely N-dealkylation sites (N-methyl/N-ethyl adjacent to an activating group) is 1. The number of piperidine rings is 1. The maximum atomic E-state index is 11.9. The molecule has 19 heavy (non-hydrogen) atoms. The van der Waals surface area contributed by atoms with Gasteiger partial charge >= 0.3 is 0 Å². The molecule has 0 aromatic heterocycles. The van der Waals surface area contributed by atoms with Crippen molar-refractivity contribution in [2.75, 3.05) is 54.1 Å². The zero-order valence-electron chi connectivity index (χ0n) is 12.4. The van der Waals surface area contributed by atoms with Gasteiger partial charge in [-0.05, 0) is 32.4 Å². The Labute approximate surface area is 115 Å². The number of hydrogen-bond donors (Lipinski definition) is 0. The Kier molecular flexibility index (Phi) is 4.81. The van der Waals surface area contributed by atoms with Crippen LogP contribution in [0.1, 0.15) is 19.3 Å². The number of nitrogens with zero attached hydrogens (tertiary/aromatic N) is 2. The molecule has 0 bridgehead atoms. The third-order valence-electron chi connectivity index (χ3n) is 4.60. The van der Waals surface area contributed by atoms with Crippen LogP contribution in [0.2, 0.25) is 0 Å². The number of amides is 1. The Balaban J connectivity index is 1.85. The lowest BCUT2D eigenvalue weighted by atomic mass is 9.75. The highest BCUT2D eigenvalue weighted by molar-refractivity contribution is 5.77. The second-order valence-electron chi connectivity index (χ2n) is 5.95. The van der Waals surface area contributed by atoms with Crippen molar-refractivity contribution in [1.29, 1.82) is 0 Å². The van der Waals surface area contributed by atoms with Crippen molar-refractivity contribution in [2.45, 2.75) is 24.8 Å². The predicted octanol–water partition coefficient (Wildman–Crippen LogP) is 0.592. The van der Waals surface area contributed by atoms with E-state index in [-0.39, 0.29) is 11.4 Å². The standard InChI is InChI=1S/C14H26N2O3/c1-15-6-4-12(9-19-3)8-14(15)10-16(11-14)13(17)5-7-18-2/h12H,4-11H2,1-3H3. The maximum Gasteiger partial charge on any atom is 0.225 e. The second kappa shape index (κ2) is 6.20. The van der Waals surface area contributed by atoms with Crippen molar-refractivity contribution in [2.24, 2.45) is 5.92 Å². The van der Waals surface area contributed by atoms with Crippen molar-refractivity contribution in [1.82, 2.24) is 9.80 Å². The Bertz CT molecular complexity index is 316. The molecular weight excluding hydrogens is 244 g/mol. The van der Waals surface area contributed by atoms with E-state index in [1.165, 1.54) is 6.42 Å². The molecule has 2 heterocycles. The molecule has 1 amide bonds. The van der Waals surface area contributed by atoms with Crippen LogP contribution in [0.25, 0.3) is 0 Å². The van der Waals surface area contributed by atoms with Crippen LogP contribution in [0.3, 0.4) is 0 Å². The lowest BCUT2D eigenvalue weighted by Gasteiger charge is -2.58. The molecule has 1 atom stereocenters. The van der Waals surface area contributed by atoms with Gasteiger partial charge in [-0.15, -0.1) is 0 Å². The average molecular weight is 270 g/mol. The summed E-state index contributed by atoms with van der Waals surface area (Å²) >= 11 is 0. The number of carbonyl (C=O) groups excluding carboxylic acids is 1. The van der Waals surface area contributed by atoms with E-state index in [2.05, 4.69) is 11.9 Å². The first kappa shape index (κ1) is 14.8. The molecular formula is C14H26N2O3. The summed E-state index contributed by atoms with van der Waals surface area (Å²) in [7, 11) is 5.58. The quantitative estimate of drug-likeness (QED) is 0.733. The van der Waals surface area contributed by atoms with Gasteiger partial charge in [0.1, 0.15) is 0 Å². The van der Waals surface area contributed by atoms with Crippen molar-refractivity contribution in [3.63, 3.8) is 0 Å². The molecule has 0 aromatic carbocycles. The molecule has 2 fully saturated rings. The van der Waals surface area contributed by atoms with Gasteiger partial charge in [-0.2, -0.15) is 0 Å². The van der Waals surface area contributed by atoms with Crippen molar-refractivity contribution < 1.29 is 14.3 Å². The molecule has 0 aromatic rings. The lowest BCUT2D eigenvalue weighted by molar-refractivity contribution is -0.151. The van der Waals surface area contributed by atoms with Crippen molar-refractivity contribution in [3.05, 3.63) is 0 Å². The molecule has 5 heteroatoms. The van der Waals surface area contributed by atoms with Gasteiger partial charge in [0.25, 0.3) is 0 Å². The molecule has 2 aliphatic rings. The fourth-order valence-corrected chi connectivity index (χ4v) is 3.35. The summed E-state index contributed by atoms with van der Waals surface area (Å²) in [4.78, 5) is 16.3. The summed E-state index contributed by atoms with van der Waals surface area (Å²) in [6.07, 6.45) is 2.84. The molecule has 2 saturated heterocycles. The summed E-state index contributed by atoms with van der Waals surface area (Å²) in [6, 6.07) is 0.